The van der Waals surface area contributed by atoms with Crippen LogP contribution < -0.4 is 5.32 Å². The van der Waals surface area contributed by atoms with Crippen molar-refractivity contribution in [3.63, 3.8) is 0 Å². The second kappa shape index (κ2) is 7.14. The average molecular weight is 367 g/mol. The number of amides is 2. The van der Waals surface area contributed by atoms with Crippen molar-refractivity contribution in [2.45, 2.75) is 57.8 Å². The Hall–Kier alpha value is -1.51. The van der Waals surface area contributed by atoms with Crippen LogP contribution in [0.4, 0.5) is 4.79 Å². The highest BCUT2D eigenvalue weighted by Gasteiger charge is 2.50. The maximum atomic E-state index is 12.8. The van der Waals surface area contributed by atoms with Crippen molar-refractivity contribution in [2.24, 2.45) is 29.1 Å². The number of likely N-dealkylation sites (tertiary alicyclic amines) is 1. The summed E-state index contributed by atoms with van der Waals surface area (Å²) in [6, 6.07) is 11.0. The molecule has 5 fully saturated rings. The van der Waals surface area contributed by atoms with Gasteiger partial charge in [0.05, 0.1) is 0 Å². The first-order valence-electron chi connectivity index (χ1n) is 11.2. The minimum Gasteiger partial charge on any atom is -0.337 e. The second-order valence-electron chi connectivity index (χ2n) is 10.2. The molecule has 1 aliphatic heterocycles. The number of nitrogens with zero attached hydrogens (tertiary/aromatic N) is 1. The molecular weight excluding hydrogens is 332 g/mol. The third-order valence-electron chi connectivity index (χ3n) is 8.05. The number of nitrogens with one attached hydrogen (secondary N) is 1. The lowest BCUT2D eigenvalue weighted by molar-refractivity contribution is -0.0503. The van der Waals surface area contributed by atoms with Crippen molar-refractivity contribution in [3.8, 4) is 0 Å². The van der Waals surface area contributed by atoms with Crippen molar-refractivity contribution in [3.05, 3.63) is 35.9 Å². The molecule has 4 saturated carbocycles. The van der Waals surface area contributed by atoms with Crippen LogP contribution in [0.3, 0.4) is 0 Å². The smallest absolute Gasteiger partial charge is 0.317 e. The van der Waals surface area contributed by atoms with Gasteiger partial charge in [0.2, 0.25) is 0 Å². The van der Waals surface area contributed by atoms with Crippen LogP contribution in [0.15, 0.2) is 30.3 Å². The van der Waals surface area contributed by atoms with Gasteiger partial charge < -0.3 is 10.2 Å². The molecule has 0 aromatic heterocycles. The molecule has 2 amide bonds. The molecule has 4 aliphatic carbocycles. The molecule has 146 valence electrons. The quantitative estimate of drug-likeness (QED) is 0.810. The zero-order chi connectivity index (χ0) is 18.3. The summed E-state index contributed by atoms with van der Waals surface area (Å²) < 4.78 is 0. The summed E-state index contributed by atoms with van der Waals surface area (Å²) in [5.74, 6) is 3.60. The van der Waals surface area contributed by atoms with E-state index in [0.29, 0.717) is 5.41 Å². The molecule has 3 nitrogen and oxygen atoms in total. The Morgan fingerprint density at radius 1 is 0.963 bits per heavy atom. The summed E-state index contributed by atoms with van der Waals surface area (Å²) in [5.41, 5.74) is 1.87. The van der Waals surface area contributed by atoms with Crippen molar-refractivity contribution in [1.29, 1.82) is 0 Å². The first-order chi connectivity index (χ1) is 13.2. The third-order valence-corrected chi connectivity index (χ3v) is 8.05. The topological polar surface area (TPSA) is 32.3 Å². The molecule has 1 aromatic rings. The second-order valence-corrected chi connectivity index (χ2v) is 10.2. The average Bonchev–Trinajstić information content (AvgIpc) is 2.67. The number of rotatable bonds is 4. The summed E-state index contributed by atoms with van der Waals surface area (Å²) >= 11 is 0. The van der Waals surface area contributed by atoms with Gasteiger partial charge in [-0.2, -0.15) is 0 Å². The highest BCUT2D eigenvalue weighted by Crippen LogP contribution is 2.59. The number of hydrogen-bond acceptors (Lipinski definition) is 1. The molecule has 27 heavy (non-hydrogen) atoms. The van der Waals surface area contributed by atoms with E-state index in [1.165, 1.54) is 44.1 Å². The fraction of sp³-hybridized carbons (Fsp3) is 0.708. The molecule has 4 bridgehead atoms. The van der Waals surface area contributed by atoms with Crippen LogP contribution in [0.2, 0.25) is 0 Å². The van der Waals surface area contributed by atoms with E-state index in [2.05, 4.69) is 40.5 Å². The molecule has 1 aromatic carbocycles. The van der Waals surface area contributed by atoms with Gasteiger partial charge in [0, 0.05) is 19.6 Å². The summed E-state index contributed by atoms with van der Waals surface area (Å²) in [4.78, 5) is 14.8. The predicted molar refractivity (Wildman–Crippen MR) is 108 cm³/mol. The monoisotopic (exact) mass is 366 g/mol. The maximum absolute atomic E-state index is 12.8. The van der Waals surface area contributed by atoms with Crippen LogP contribution in [-0.2, 0) is 6.42 Å². The van der Waals surface area contributed by atoms with E-state index in [1.54, 1.807) is 0 Å². The highest BCUT2D eigenvalue weighted by atomic mass is 16.2. The molecule has 3 heteroatoms. The van der Waals surface area contributed by atoms with Crippen molar-refractivity contribution < 1.29 is 4.79 Å². The maximum Gasteiger partial charge on any atom is 0.317 e. The predicted octanol–water partition coefficient (Wildman–Crippen LogP) is 4.87. The van der Waals surface area contributed by atoms with E-state index in [9.17, 15) is 4.79 Å². The number of piperidine rings is 1. The molecule has 1 heterocycles. The molecule has 5 aliphatic rings. The van der Waals surface area contributed by atoms with Gasteiger partial charge in [0.25, 0.3) is 0 Å². The van der Waals surface area contributed by atoms with Crippen LogP contribution in [0, 0.1) is 29.1 Å². The number of carbonyl (C=O) groups is 1. The highest BCUT2D eigenvalue weighted by molar-refractivity contribution is 5.74. The number of benzene rings is 1. The summed E-state index contributed by atoms with van der Waals surface area (Å²) in [7, 11) is 0. The molecular formula is C24H34N2O. The van der Waals surface area contributed by atoms with Gasteiger partial charge in [0.15, 0.2) is 0 Å². The first-order valence-corrected chi connectivity index (χ1v) is 11.2. The van der Waals surface area contributed by atoms with Crippen LogP contribution in [0.25, 0.3) is 0 Å². The minimum absolute atomic E-state index is 0.198. The summed E-state index contributed by atoms with van der Waals surface area (Å²) in [6.45, 7) is 2.77. The number of urea groups is 1. The number of hydrogen-bond donors (Lipinski definition) is 1. The standard InChI is InChI=1S/C24H34N2O/c27-23(25-17-24-14-20-11-21(15-24)13-22(12-20)16-24)26-8-6-19(7-9-26)10-18-4-2-1-3-5-18/h1-5,19-22H,6-17H2,(H,25,27). The fourth-order valence-electron chi connectivity index (χ4n) is 7.17. The lowest BCUT2D eigenvalue weighted by atomic mass is 9.49. The van der Waals surface area contributed by atoms with Gasteiger partial charge in [-0.3, -0.25) is 0 Å². The number of carbonyl (C=O) groups excluding carboxylic acids is 1. The van der Waals surface area contributed by atoms with Gasteiger partial charge in [-0.1, -0.05) is 30.3 Å². The van der Waals surface area contributed by atoms with E-state index < -0.39 is 0 Å². The molecule has 0 atom stereocenters. The molecule has 0 unspecified atom stereocenters. The minimum atomic E-state index is 0.198. The van der Waals surface area contributed by atoms with E-state index >= 15 is 0 Å². The van der Waals surface area contributed by atoms with Gasteiger partial charge >= 0.3 is 6.03 Å². The fourth-order valence-corrected chi connectivity index (χ4v) is 7.17. The first kappa shape index (κ1) is 17.6. The Morgan fingerprint density at radius 2 is 1.56 bits per heavy atom. The van der Waals surface area contributed by atoms with Gasteiger partial charge in [-0.25, -0.2) is 4.79 Å². The molecule has 6 rings (SSSR count). The lowest BCUT2D eigenvalue weighted by Gasteiger charge is -2.57. The van der Waals surface area contributed by atoms with Gasteiger partial charge in [0.1, 0.15) is 0 Å². The normalized spacial score (nSPS) is 35.4. The molecule has 0 radical (unpaired) electrons. The van der Waals surface area contributed by atoms with Crippen LogP contribution in [-0.4, -0.2) is 30.6 Å². The Labute approximate surface area is 163 Å². The third kappa shape index (κ3) is 3.75. The summed E-state index contributed by atoms with van der Waals surface area (Å²) in [6.07, 6.45) is 12.0. The Balaban J connectivity index is 1.10. The zero-order valence-electron chi connectivity index (χ0n) is 16.5. The lowest BCUT2D eigenvalue weighted by Crippen LogP contribution is -2.53. The van der Waals surface area contributed by atoms with E-state index in [0.717, 1.165) is 62.6 Å². The van der Waals surface area contributed by atoms with E-state index in [-0.39, 0.29) is 6.03 Å². The van der Waals surface area contributed by atoms with Crippen LogP contribution in [0.1, 0.15) is 56.9 Å². The van der Waals surface area contributed by atoms with E-state index in [4.69, 9.17) is 0 Å². The zero-order valence-corrected chi connectivity index (χ0v) is 16.5. The molecule has 0 spiro atoms. The largest absolute Gasteiger partial charge is 0.337 e. The Kier molecular flexibility index (Phi) is 4.65. The summed E-state index contributed by atoms with van der Waals surface area (Å²) in [5, 5.41) is 3.36. The van der Waals surface area contributed by atoms with Gasteiger partial charge in [-0.05, 0) is 92.4 Å². The molecule has 1 saturated heterocycles. The Bertz CT molecular complexity index is 627. The van der Waals surface area contributed by atoms with Crippen molar-refractivity contribution in [2.75, 3.05) is 19.6 Å². The molecule has 1 N–H and O–H groups in total. The van der Waals surface area contributed by atoms with Crippen LogP contribution >= 0.6 is 0 Å². The van der Waals surface area contributed by atoms with E-state index in [1.807, 2.05) is 0 Å². The van der Waals surface area contributed by atoms with Gasteiger partial charge in [-0.15, -0.1) is 0 Å². The van der Waals surface area contributed by atoms with Crippen molar-refractivity contribution in [1.82, 2.24) is 10.2 Å². The SMILES string of the molecule is O=C(NCC12CC3CC(CC(C3)C1)C2)N1CCC(Cc2ccccc2)CC1. The van der Waals surface area contributed by atoms with Crippen LogP contribution in [0.5, 0.6) is 0 Å². The van der Waals surface area contributed by atoms with Crippen molar-refractivity contribution >= 4 is 6.03 Å². The Morgan fingerprint density at radius 3 is 2.15 bits per heavy atom.